The smallest absolute Gasteiger partial charge is 0.311 e. The van der Waals surface area contributed by atoms with E-state index in [1.165, 1.54) is 0 Å². The van der Waals surface area contributed by atoms with Crippen molar-refractivity contribution in [1.29, 1.82) is 0 Å². The molecule has 43 heavy (non-hydrogen) atoms. The van der Waals surface area contributed by atoms with Crippen molar-refractivity contribution in [1.82, 2.24) is 0 Å². The first kappa shape index (κ1) is 29.6. The predicted octanol–water partition coefficient (Wildman–Crippen LogP) is 8.11. The highest BCUT2D eigenvalue weighted by molar-refractivity contribution is 5.71. The summed E-state index contributed by atoms with van der Waals surface area (Å²) in [5.41, 5.74) is 3.90. The van der Waals surface area contributed by atoms with Crippen molar-refractivity contribution in [3.8, 4) is 0 Å². The van der Waals surface area contributed by atoms with Gasteiger partial charge in [0.25, 0.3) is 0 Å². The Balaban J connectivity index is 1.36. The molecule has 2 atom stereocenters. The van der Waals surface area contributed by atoms with Gasteiger partial charge in [-0.15, -0.1) is 0 Å². The number of carboxylic acid groups (broad SMARTS) is 1. The van der Waals surface area contributed by atoms with Crippen LogP contribution in [-0.2, 0) is 21.6 Å². The lowest BCUT2D eigenvalue weighted by Gasteiger charge is -2.37. The summed E-state index contributed by atoms with van der Waals surface area (Å²) < 4.78 is 6.71. The molecule has 0 saturated carbocycles. The molecule has 0 aliphatic rings. The molecule has 0 aliphatic carbocycles. The van der Waals surface area contributed by atoms with E-state index in [0.29, 0.717) is 12.1 Å². The van der Waals surface area contributed by atoms with Crippen LogP contribution in [0.4, 0.5) is 11.4 Å². The first-order valence-electron chi connectivity index (χ1n) is 14.3. The number of aliphatic hydroxyl groups is 1. The number of aliphatic carboxylic acids is 1. The number of aryl methyl sites for hydroxylation is 1. The Morgan fingerprint density at radius 1 is 0.651 bits per heavy atom. The van der Waals surface area contributed by atoms with Crippen molar-refractivity contribution in [2.45, 2.75) is 24.5 Å². The Morgan fingerprint density at radius 3 is 1.63 bits per heavy atom. The molecule has 5 aromatic carbocycles. The Kier molecular flexibility index (Phi) is 9.85. The van der Waals surface area contributed by atoms with E-state index in [0.717, 1.165) is 27.9 Å². The van der Waals surface area contributed by atoms with Gasteiger partial charge >= 0.3 is 5.97 Å². The van der Waals surface area contributed by atoms with Gasteiger partial charge in [0.1, 0.15) is 11.5 Å². The highest BCUT2D eigenvalue weighted by atomic mass is 16.5. The first-order valence-corrected chi connectivity index (χ1v) is 14.3. The average molecular weight is 571 g/mol. The molecule has 0 aromatic heterocycles. The topological polar surface area (TPSA) is 91.5 Å². The zero-order valence-electron chi connectivity index (χ0n) is 23.7. The first-order chi connectivity index (χ1) is 21.1. The number of hydrogen-bond acceptors (Lipinski definition) is 5. The largest absolute Gasteiger partial charge is 0.481 e. The zero-order valence-corrected chi connectivity index (χ0v) is 23.7. The number of ether oxygens (including phenoxy) is 1. The van der Waals surface area contributed by atoms with Gasteiger partial charge in [0.15, 0.2) is 0 Å². The van der Waals surface area contributed by atoms with Crippen molar-refractivity contribution in [3.05, 3.63) is 168 Å². The van der Waals surface area contributed by atoms with Crippen LogP contribution >= 0.6 is 0 Å². The highest BCUT2D eigenvalue weighted by Crippen LogP contribution is 2.41. The second kappa shape index (κ2) is 14.3. The van der Waals surface area contributed by atoms with Crippen LogP contribution in [-0.4, -0.2) is 28.9 Å². The Labute approximate surface area is 252 Å². The molecule has 216 valence electrons. The van der Waals surface area contributed by atoms with Gasteiger partial charge < -0.3 is 14.9 Å². The van der Waals surface area contributed by atoms with Crippen LogP contribution in [0.3, 0.4) is 0 Å². The van der Waals surface area contributed by atoms with Gasteiger partial charge in [-0.05, 0) is 59.4 Å². The fourth-order valence-corrected chi connectivity index (χ4v) is 5.23. The van der Waals surface area contributed by atoms with Crippen LogP contribution < -0.4 is 0 Å². The standard InChI is InChI=1S/C37H34N2O4/c40-35(25-24-28-14-13-23-33(26-28)39-38-32-21-11-4-12-22-32)34(36(41)42)27-43-37(29-15-5-1-6-16-29,30-17-7-2-8-18-30)31-19-9-3-10-20-31/h1-23,26,34-35,40H,24-25,27H2,(H,41,42)/t34-,35-/m1/s1. The van der Waals surface area contributed by atoms with Crippen molar-refractivity contribution < 1.29 is 19.7 Å². The molecular weight excluding hydrogens is 536 g/mol. The minimum Gasteiger partial charge on any atom is -0.481 e. The third-order valence-corrected chi connectivity index (χ3v) is 7.48. The van der Waals surface area contributed by atoms with E-state index in [9.17, 15) is 15.0 Å². The lowest BCUT2D eigenvalue weighted by atomic mass is 9.80. The molecule has 6 heteroatoms. The number of benzene rings is 5. The summed E-state index contributed by atoms with van der Waals surface area (Å²) in [5.74, 6) is -2.25. The quantitative estimate of drug-likeness (QED) is 0.111. The Bertz CT molecular complexity index is 1510. The van der Waals surface area contributed by atoms with E-state index in [-0.39, 0.29) is 13.0 Å². The maximum absolute atomic E-state index is 12.5. The molecule has 0 spiro atoms. The van der Waals surface area contributed by atoms with Crippen molar-refractivity contribution in [3.63, 3.8) is 0 Å². The molecule has 0 fully saturated rings. The number of aliphatic hydroxyl groups excluding tert-OH is 1. The van der Waals surface area contributed by atoms with Gasteiger partial charge in [-0.2, -0.15) is 10.2 Å². The summed E-state index contributed by atoms with van der Waals surface area (Å²) in [6.07, 6.45) is -0.415. The number of carbonyl (C=O) groups is 1. The third kappa shape index (κ3) is 7.30. The van der Waals surface area contributed by atoms with Crippen LogP contribution in [0.5, 0.6) is 0 Å². The van der Waals surface area contributed by atoms with E-state index < -0.39 is 23.6 Å². The molecule has 0 aliphatic heterocycles. The molecule has 6 nitrogen and oxygen atoms in total. The lowest BCUT2D eigenvalue weighted by molar-refractivity contribution is -0.151. The minimum absolute atomic E-state index is 0.194. The van der Waals surface area contributed by atoms with E-state index in [1.807, 2.05) is 146 Å². The molecule has 0 saturated heterocycles. The molecule has 5 aromatic rings. The second-order valence-electron chi connectivity index (χ2n) is 10.3. The maximum Gasteiger partial charge on any atom is 0.311 e. The fraction of sp³-hybridized carbons (Fsp3) is 0.162. The van der Waals surface area contributed by atoms with Crippen LogP contribution in [0.25, 0.3) is 0 Å². The SMILES string of the molecule is O=C(O)[C@H](COC(c1ccccc1)(c1ccccc1)c1ccccc1)[C@H](O)CCc1cccc(N=Nc2ccccc2)c1. The number of hydrogen-bond donors (Lipinski definition) is 2. The molecular formula is C37H34N2O4. The summed E-state index contributed by atoms with van der Waals surface area (Å²) in [5, 5.41) is 30.0. The van der Waals surface area contributed by atoms with Gasteiger partial charge in [-0.25, -0.2) is 0 Å². The summed E-state index contributed by atoms with van der Waals surface area (Å²) in [6.45, 7) is -0.194. The van der Waals surface area contributed by atoms with E-state index in [4.69, 9.17) is 4.74 Å². The lowest BCUT2D eigenvalue weighted by Crippen LogP contribution is -2.39. The summed E-state index contributed by atoms with van der Waals surface area (Å²) >= 11 is 0. The second-order valence-corrected chi connectivity index (χ2v) is 10.3. The molecule has 0 radical (unpaired) electrons. The summed E-state index contributed by atoms with van der Waals surface area (Å²) in [4.78, 5) is 12.5. The van der Waals surface area contributed by atoms with Crippen LogP contribution in [0.1, 0.15) is 28.7 Å². The molecule has 0 unspecified atom stereocenters. The van der Waals surface area contributed by atoms with Crippen molar-refractivity contribution in [2.75, 3.05) is 6.61 Å². The van der Waals surface area contributed by atoms with E-state index >= 15 is 0 Å². The van der Waals surface area contributed by atoms with Crippen LogP contribution in [0.2, 0.25) is 0 Å². The molecule has 0 bridgehead atoms. The fourth-order valence-electron chi connectivity index (χ4n) is 5.23. The average Bonchev–Trinajstić information content (AvgIpc) is 3.06. The Hall–Kier alpha value is -4.91. The minimum atomic E-state index is -1.14. The van der Waals surface area contributed by atoms with E-state index in [2.05, 4.69) is 10.2 Å². The van der Waals surface area contributed by atoms with E-state index in [1.54, 1.807) is 0 Å². The summed E-state index contributed by atoms with van der Waals surface area (Å²) in [7, 11) is 0. The molecule has 2 N–H and O–H groups in total. The zero-order chi connectivity index (χ0) is 29.9. The monoisotopic (exact) mass is 570 g/mol. The number of azo groups is 1. The van der Waals surface area contributed by atoms with Crippen LogP contribution in [0.15, 0.2) is 156 Å². The van der Waals surface area contributed by atoms with Crippen LogP contribution in [0, 0.1) is 5.92 Å². The van der Waals surface area contributed by atoms with Crippen molar-refractivity contribution >= 4 is 17.3 Å². The number of nitrogens with zero attached hydrogens (tertiary/aromatic N) is 2. The highest BCUT2D eigenvalue weighted by Gasteiger charge is 2.40. The third-order valence-electron chi connectivity index (χ3n) is 7.48. The number of carboxylic acids is 1. The summed E-state index contributed by atoms with van der Waals surface area (Å²) in [6, 6.07) is 46.4. The predicted molar refractivity (Wildman–Crippen MR) is 168 cm³/mol. The van der Waals surface area contributed by atoms with Gasteiger partial charge in [0.05, 0.1) is 24.1 Å². The maximum atomic E-state index is 12.5. The molecule has 0 amide bonds. The number of rotatable bonds is 13. The van der Waals surface area contributed by atoms with Crippen molar-refractivity contribution in [2.24, 2.45) is 16.1 Å². The Morgan fingerprint density at radius 2 is 1.12 bits per heavy atom. The van der Waals surface area contributed by atoms with Gasteiger partial charge in [-0.3, -0.25) is 4.79 Å². The normalized spacial score (nSPS) is 13.0. The molecule has 5 rings (SSSR count). The van der Waals surface area contributed by atoms with Gasteiger partial charge in [0.2, 0.25) is 0 Å². The van der Waals surface area contributed by atoms with Gasteiger partial charge in [0, 0.05) is 0 Å². The molecule has 0 heterocycles. The van der Waals surface area contributed by atoms with Gasteiger partial charge in [-0.1, -0.05) is 121 Å².